The molecule has 0 saturated carbocycles. The summed E-state index contributed by atoms with van der Waals surface area (Å²) in [7, 11) is 0. The molecule has 2 unspecified atom stereocenters. The van der Waals surface area contributed by atoms with Crippen molar-refractivity contribution in [3.63, 3.8) is 0 Å². The molecular weight excluding hydrogens is 212 g/mol. The normalized spacial score (nSPS) is 27.5. The van der Waals surface area contributed by atoms with Gasteiger partial charge in [0.15, 0.2) is 6.17 Å². The highest BCUT2D eigenvalue weighted by Gasteiger charge is 2.36. The standard InChI is InChI=1S/C14H27N2O/c1-3-5-6-7-8-9-14-15-10-11-16(14,4-2)12-13-17/h3,10,14,17H,1,4-9,11-13H2,2H3/q+1. The minimum Gasteiger partial charge on any atom is -0.391 e. The molecule has 0 amide bonds. The molecule has 0 saturated heterocycles. The maximum atomic E-state index is 9.20. The van der Waals surface area contributed by atoms with Crippen molar-refractivity contribution in [2.75, 3.05) is 26.2 Å². The lowest BCUT2D eigenvalue weighted by molar-refractivity contribution is -0.936. The Hall–Kier alpha value is -0.670. The maximum absolute atomic E-state index is 9.20. The van der Waals surface area contributed by atoms with E-state index in [9.17, 15) is 5.11 Å². The molecule has 0 bridgehead atoms. The molecule has 2 atom stereocenters. The highest BCUT2D eigenvalue weighted by molar-refractivity contribution is 5.60. The van der Waals surface area contributed by atoms with Crippen molar-refractivity contribution in [1.29, 1.82) is 0 Å². The first-order valence-electron chi connectivity index (χ1n) is 6.88. The van der Waals surface area contributed by atoms with Gasteiger partial charge in [0, 0.05) is 6.42 Å². The molecule has 0 radical (unpaired) electrons. The fourth-order valence-electron chi connectivity index (χ4n) is 2.67. The number of hydrogen-bond acceptors (Lipinski definition) is 2. The third kappa shape index (κ3) is 3.93. The molecule has 0 aromatic rings. The Morgan fingerprint density at radius 2 is 2.29 bits per heavy atom. The van der Waals surface area contributed by atoms with Gasteiger partial charge in [0.25, 0.3) is 0 Å². The first kappa shape index (κ1) is 14.4. The molecule has 98 valence electrons. The fraction of sp³-hybridized carbons (Fsp3) is 0.786. The number of allylic oxidation sites excluding steroid dienone is 1. The van der Waals surface area contributed by atoms with Gasteiger partial charge in [-0.1, -0.05) is 12.5 Å². The minimum absolute atomic E-state index is 0.268. The number of unbranched alkanes of at least 4 members (excludes halogenated alkanes) is 3. The molecular formula is C14H27N2O+. The molecule has 1 rings (SSSR count). The predicted octanol–water partition coefficient (Wildman–Crippen LogP) is 2.36. The highest BCUT2D eigenvalue weighted by Crippen LogP contribution is 2.23. The van der Waals surface area contributed by atoms with E-state index in [0.29, 0.717) is 6.17 Å². The number of quaternary nitrogens is 1. The van der Waals surface area contributed by atoms with Gasteiger partial charge in [0.05, 0.1) is 19.4 Å². The summed E-state index contributed by atoms with van der Waals surface area (Å²) < 4.78 is 0.956. The predicted molar refractivity (Wildman–Crippen MR) is 73.2 cm³/mol. The number of aliphatic hydroxyl groups excluding tert-OH is 1. The highest BCUT2D eigenvalue weighted by atomic mass is 16.3. The SMILES string of the molecule is C=CCCCCCC1N=CC[N+]1(CC)CCO. The van der Waals surface area contributed by atoms with E-state index in [1.807, 2.05) is 12.3 Å². The summed E-state index contributed by atoms with van der Waals surface area (Å²) in [6.07, 6.45) is 10.4. The van der Waals surface area contributed by atoms with Crippen LogP contribution < -0.4 is 0 Å². The second-order valence-electron chi connectivity index (χ2n) is 4.90. The molecule has 0 aromatic heterocycles. The van der Waals surface area contributed by atoms with Gasteiger partial charge in [-0.15, -0.1) is 6.58 Å². The monoisotopic (exact) mass is 239 g/mol. The van der Waals surface area contributed by atoms with Crippen molar-refractivity contribution >= 4 is 6.21 Å². The fourth-order valence-corrected chi connectivity index (χ4v) is 2.67. The van der Waals surface area contributed by atoms with Crippen molar-refractivity contribution in [3.8, 4) is 0 Å². The van der Waals surface area contributed by atoms with Gasteiger partial charge in [-0.2, -0.15) is 0 Å². The number of likely N-dealkylation sites (N-methyl/N-ethyl adjacent to an activating group) is 1. The summed E-state index contributed by atoms with van der Waals surface area (Å²) >= 11 is 0. The summed E-state index contributed by atoms with van der Waals surface area (Å²) in [5.74, 6) is 0. The van der Waals surface area contributed by atoms with Crippen LogP contribution in [0.5, 0.6) is 0 Å². The zero-order chi connectivity index (χ0) is 12.6. The van der Waals surface area contributed by atoms with Crippen LogP contribution in [0.2, 0.25) is 0 Å². The lowest BCUT2D eigenvalue weighted by Crippen LogP contribution is -2.53. The third-order valence-corrected chi connectivity index (χ3v) is 3.90. The van der Waals surface area contributed by atoms with Crippen molar-refractivity contribution in [2.45, 2.75) is 45.2 Å². The van der Waals surface area contributed by atoms with Crippen molar-refractivity contribution in [1.82, 2.24) is 0 Å². The van der Waals surface area contributed by atoms with Gasteiger partial charge in [-0.25, -0.2) is 4.99 Å². The van der Waals surface area contributed by atoms with Crippen LogP contribution in [-0.2, 0) is 0 Å². The molecule has 17 heavy (non-hydrogen) atoms. The summed E-state index contributed by atoms with van der Waals surface area (Å²) in [6.45, 7) is 9.12. The van der Waals surface area contributed by atoms with E-state index in [4.69, 9.17) is 0 Å². The zero-order valence-corrected chi connectivity index (χ0v) is 11.1. The second-order valence-corrected chi connectivity index (χ2v) is 4.90. The summed E-state index contributed by atoms with van der Waals surface area (Å²) in [6, 6.07) is 0. The number of nitrogens with zero attached hydrogens (tertiary/aromatic N) is 2. The van der Waals surface area contributed by atoms with Gasteiger partial charge < -0.3 is 5.11 Å². The molecule has 3 heteroatoms. The Labute approximate surface area is 105 Å². The van der Waals surface area contributed by atoms with Crippen LogP contribution in [0, 0.1) is 0 Å². The number of aliphatic hydroxyl groups is 1. The smallest absolute Gasteiger partial charge is 0.182 e. The molecule has 1 N–H and O–H groups in total. The lowest BCUT2D eigenvalue weighted by atomic mass is 10.1. The Kier molecular flexibility index (Phi) is 6.45. The lowest BCUT2D eigenvalue weighted by Gasteiger charge is -2.37. The van der Waals surface area contributed by atoms with Gasteiger partial charge in [-0.05, 0) is 26.2 Å². The van der Waals surface area contributed by atoms with Gasteiger partial charge >= 0.3 is 0 Å². The largest absolute Gasteiger partial charge is 0.391 e. The zero-order valence-electron chi connectivity index (χ0n) is 11.1. The van der Waals surface area contributed by atoms with Crippen LogP contribution in [0.4, 0.5) is 0 Å². The van der Waals surface area contributed by atoms with Crippen molar-refractivity contribution in [2.24, 2.45) is 4.99 Å². The Balaban J connectivity index is 2.34. The second kappa shape index (κ2) is 7.62. The number of aliphatic imine (C=N–C) groups is 1. The van der Waals surface area contributed by atoms with Crippen LogP contribution in [0.1, 0.15) is 39.0 Å². The molecule has 0 aliphatic carbocycles. The average Bonchev–Trinajstić information content (AvgIpc) is 2.73. The van der Waals surface area contributed by atoms with Crippen LogP contribution in [0.25, 0.3) is 0 Å². The Morgan fingerprint density at radius 3 is 2.94 bits per heavy atom. The molecule has 1 heterocycles. The van der Waals surface area contributed by atoms with E-state index >= 15 is 0 Å². The molecule has 1 aliphatic heterocycles. The van der Waals surface area contributed by atoms with Crippen molar-refractivity contribution < 1.29 is 9.59 Å². The quantitative estimate of drug-likeness (QED) is 0.374. The molecule has 0 aromatic carbocycles. The minimum atomic E-state index is 0.268. The van der Waals surface area contributed by atoms with E-state index in [1.165, 1.54) is 19.3 Å². The van der Waals surface area contributed by atoms with Crippen LogP contribution in [0.15, 0.2) is 17.6 Å². The summed E-state index contributed by atoms with van der Waals surface area (Å²) in [5, 5.41) is 9.20. The first-order valence-corrected chi connectivity index (χ1v) is 6.88. The molecule has 0 fully saturated rings. The van der Waals surface area contributed by atoms with Crippen LogP contribution in [0.3, 0.4) is 0 Å². The van der Waals surface area contributed by atoms with E-state index in [-0.39, 0.29) is 6.61 Å². The van der Waals surface area contributed by atoms with Crippen LogP contribution >= 0.6 is 0 Å². The van der Waals surface area contributed by atoms with E-state index in [0.717, 1.165) is 37.0 Å². The summed E-state index contributed by atoms with van der Waals surface area (Å²) in [4.78, 5) is 4.61. The van der Waals surface area contributed by atoms with Crippen molar-refractivity contribution in [3.05, 3.63) is 12.7 Å². The van der Waals surface area contributed by atoms with Gasteiger partial charge in [0.1, 0.15) is 13.1 Å². The Morgan fingerprint density at radius 1 is 1.47 bits per heavy atom. The van der Waals surface area contributed by atoms with E-state index < -0.39 is 0 Å². The average molecular weight is 239 g/mol. The maximum Gasteiger partial charge on any atom is 0.182 e. The first-order chi connectivity index (χ1) is 8.29. The van der Waals surface area contributed by atoms with E-state index in [1.54, 1.807) is 0 Å². The molecule has 0 spiro atoms. The van der Waals surface area contributed by atoms with Crippen LogP contribution in [-0.4, -0.2) is 48.2 Å². The van der Waals surface area contributed by atoms with Gasteiger partial charge in [0.2, 0.25) is 0 Å². The molecule has 1 aliphatic rings. The van der Waals surface area contributed by atoms with E-state index in [2.05, 4.69) is 18.5 Å². The Bertz CT molecular complexity index is 253. The number of rotatable bonds is 9. The molecule has 3 nitrogen and oxygen atoms in total. The number of hydrogen-bond donors (Lipinski definition) is 1. The summed E-state index contributed by atoms with van der Waals surface area (Å²) in [5.41, 5.74) is 0. The topological polar surface area (TPSA) is 32.6 Å². The third-order valence-electron chi connectivity index (χ3n) is 3.90. The van der Waals surface area contributed by atoms with Gasteiger partial charge in [-0.3, -0.25) is 4.48 Å².